The zero-order valence-corrected chi connectivity index (χ0v) is 35.2. The smallest absolute Gasteiger partial charge is 0.220 e. The Kier molecular flexibility index (Phi) is 7.25. The number of para-hydroxylation sites is 5. The molecule has 7 heteroatoms. The summed E-state index contributed by atoms with van der Waals surface area (Å²) in [6.45, 7) is 11.9. The van der Waals surface area contributed by atoms with E-state index in [1.807, 2.05) is 6.20 Å². The zero-order valence-electron chi connectivity index (χ0n) is 34.2. The van der Waals surface area contributed by atoms with E-state index in [9.17, 15) is 0 Å². The van der Waals surface area contributed by atoms with Crippen molar-refractivity contribution in [3.8, 4) is 73.0 Å². The van der Waals surface area contributed by atoms with Crippen LogP contribution in [-0.2, 0) is 5.41 Å². The number of hydrogen-bond acceptors (Lipinski definition) is 4. The van der Waals surface area contributed by atoms with Crippen LogP contribution in [-0.4, -0.2) is 32.0 Å². The van der Waals surface area contributed by atoms with Gasteiger partial charge in [-0.05, 0) is 109 Å². The van der Waals surface area contributed by atoms with E-state index in [4.69, 9.17) is 14.7 Å². The van der Waals surface area contributed by atoms with Gasteiger partial charge in [-0.25, -0.2) is 15.0 Å². The maximum atomic E-state index is 7.21. The molecule has 10 aromatic rings. The number of rotatable bonds is 2. The summed E-state index contributed by atoms with van der Waals surface area (Å²) in [6.07, 6.45) is 3.62. The van der Waals surface area contributed by atoms with E-state index in [1.165, 1.54) is 38.2 Å². The Morgan fingerprint density at radius 3 is 1.98 bits per heavy atom. The first-order valence-corrected chi connectivity index (χ1v) is 23.7. The van der Waals surface area contributed by atoms with E-state index >= 15 is 0 Å². The second-order valence-corrected chi connectivity index (χ2v) is 22.0. The van der Waals surface area contributed by atoms with Crippen molar-refractivity contribution < 1.29 is 4.74 Å². The lowest BCUT2D eigenvalue weighted by atomic mass is 9.75. The number of benzene rings is 7. The van der Waals surface area contributed by atoms with Gasteiger partial charge in [-0.1, -0.05) is 125 Å². The Labute approximate surface area is 349 Å². The Bertz CT molecular complexity index is 3440. The summed E-state index contributed by atoms with van der Waals surface area (Å²) in [5.74, 6) is 2.80. The Balaban J connectivity index is 1.06. The van der Waals surface area contributed by atoms with Crippen molar-refractivity contribution in [1.82, 2.24) is 23.9 Å². The van der Waals surface area contributed by atoms with Crippen LogP contribution in [0.3, 0.4) is 0 Å². The first-order valence-electron chi connectivity index (χ1n) is 20.7. The summed E-state index contributed by atoms with van der Waals surface area (Å²) in [5.41, 5.74) is 17.8. The van der Waals surface area contributed by atoms with Crippen LogP contribution in [0, 0.1) is 0 Å². The highest BCUT2D eigenvalue weighted by molar-refractivity contribution is 7.01. The van der Waals surface area contributed by atoms with E-state index in [0.29, 0.717) is 0 Å². The number of imidazole rings is 2. The van der Waals surface area contributed by atoms with Crippen LogP contribution in [0.4, 0.5) is 0 Å². The molecule has 0 atom stereocenters. The number of ether oxygens (including phenoxy) is 1. The van der Waals surface area contributed by atoms with Gasteiger partial charge in [-0.15, -0.1) is 0 Å². The molecule has 3 aromatic heterocycles. The van der Waals surface area contributed by atoms with Crippen molar-refractivity contribution in [3.63, 3.8) is 0 Å². The van der Waals surface area contributed by atoms with Gasteiger partial charge in [-0.2, -0.15) is 0 Å². The highest BCUT2D eigenvalue weighted by Crippen LogP contribution is 2.51. The molecule has 0 amide bonds. The largest absolute Gasteiger partial charge is 0.457 e. The van der Waals surface area contributed by atoms with Gasteiger partial charge in [0.1, 0.15) is 25.9 Å². The lowest BCUT2D eigenvalue weighted by Gasteiger charge is -2.35. The van der Waals surface area contributed by atoms with Gasteiger partial charge < -0.3 is 4.74 Å². The fraction of sp³-hybridized carbons (Fsp3) is 0.113. The SMILES string of the molecule is CC(C)(C)c1cc2c(cc1-c1cccc3c1Oc1ccc(-n4c5ccccc5n5c6ccccc6nc45)cc1[Si]3(C)C)-c1ccccc1-c1ncncc1-c1ccccc1-2. The van der Waals surface area contributed by atoms with Crippen LogP contribution in [0.1, 0.15) is 26.3 Å². The van der Waals surface area contributed by atoms with Crippen LogP contribution in [0.5, 0.6) is 11.5 Å². The van der Waals surface area contributed by atoms with Crippen molar-refractivity contribution in [2.24, 2.45) is 0 Å². The highest BCUT2D eigenvalue weighted by atomic mass is 28.3. The highest BCUT2D eigenvalue weighted by Gasteiger charge is 2.39. The van der Waals surface area contributed by atoms with Crippen molar-refractivity contribution >= 4 is 46.3 Å². The van der Waals surface area contributed by atoms with Crippen LogP contribution in [0.2, 0.25) is 13.1 Å². The van der Waals surface area contributed by atoms with Crippen molar-refractivity contribution in [3.05, 3.63) is 164 Å². The van der Waals surface area contributed by atoms with Gasteiger partial charge in [0, 0.05) is 28.6 Å². The first-order chi connectivity index (χ1) is 29.2. The van der Waals surface area contributed by atoms with Gasteiger partial charge in [0.05, 0.1) is 27.8 Å². The molecule has 0 radical (unpaired) electrons. The van der Waals surface area contributed by atoms with E-state index in [2.05, 4.69) is 193 Å². The number of fused-ring (bicyclic) bond motifs is 15. The topological polar surface area (TPSA) is 57.2 Å². The van der Waals surface area contributed by atoms with Gasteiger partial charge >= 0.3 is 0 Å². The zero-order chi connectivity index (χ0) is 40.5. The summed E-state index contributed by atoms with van der Waals surface area (Å²) in [5, 5.41) is 2.57. The minimum atomic E-state index is -2.34. The maximum Gasteiger partial charge on any atom is 0.220 e. The predicted octanol–water partition coefficient (Wildman–Crippen LogP) is 12.1. The molecule has 0 unspecified atom stereocenters. The summed E-state index contributed by atoms with van der Waals surface area (Å²) >= 11 is 0. The second kappa shape index (κ2) is 12.5. The predicted molar refractivity (Wildman–Crippen MR) is 248 cm³/mol. The Hall–Kier alpha value is -7.09. The molecule has 6 nitrogen and oxygen atoms in total. The van der Waals surface area contributed by atoms with E-state index in [0.717, 1.165) is 78.5 Å². The molecule has 7 aromatic carbocycles. The minimum Gasteiger partial charge on any atom is -0.457 e. The monoisotopic (exact) mass is 791 g/mol. The van der Waals surface area contributed by atoms with Crippen LogP contribution in [0.15, 0.2) is 158 Å². The molecular formula is C53H41N5OSi. The van der Waals surface area contributed by atoms with Gasteiger partial charge in [-0.3, -0.25) is 8.97 Å². The molecule has 0 bridgehead atoms. The minimum absolute atomic E-state index is 0.179. The third kappa shape index (κ3) is 4.90. The van der Waals surface area contributed by atoms with Crippen molar-refractivity contribution in [2.75, 3.05) is 0 Å². The molecular weight excluding hydrogens is 751 g/mol. The van der Waals surface area contributed by atoms with Gasteiger partial charge in [0.2, 0.25) is 5.78 Å². The molecule has 1 aliphatic carbocycles. The molecule has 2 aliphatic rings. The van der Waals surface area contributed by atoms with Crippen LogP contribution >= 0.6 is 0 Å². The molecule has 288 valence electrons. The average molecular weight is 792 g/mol. The average Bonchev–Trinajstić information content (AvgIpc) is 3.80. The molecule has 0 saturated carbocycles. The Morgan fingerprint density at radius 1 is 0.550 bits per heavy atom. The fourth-order valence-corrected chi connectivity index (χ4v) is 12.8. The number of hydrogen-bond donors (Lipinski definition) is 0. The van der Waals surface area contributed by atoms with Gasteiger partial charge in [0.25, 0.3) is 0 Å². The lowest BCUT2D eigenvalue weighted by Crippen LogP contribution is -2.56. The maximum absolute atomic E-state index is 7.21. The summed E-state index contributed by atoms with van der Waals surface area (Å²) in [7, 11) is -2.34. The van der Waals surface area contributed by atoms with Crippen LogP contribution in [0.25, 0.3) is 89.3 Å². The molecule has 0 saturated heterocycles. The molecule has 60 heavy (non-hydrogen) atoms. The third-order valence-electron chi connectivity index (χ3n) is 12.8. The molecule has 0 spiro atoms. The summed E-state index contributed by atoms with van der Waals surface area (Å²) in [4.78, 5) is 14.6. The second-order valence-electron chi connectivity index (χ2n) is 17.7. The third-order valence-corrected chi connectivity index (χ3v) is 16.3. The van der Waals surface area contributed by atoms with Crippen molar-refractivity contribution in [2.45, 2.75) is 39.3 Å². The lowest BCUT2D eigenvalue weighted by molar-refractivity contribution is 0.488. The standard InChI is InChI=1S/C53H41N5OSi/c1-53(2,3)42-29-39-33-15-6-7-16-34(33)41-30-54-31-55-50(41)36-18-9-8-17-35(36)38(39)28-40(42)37-19-14-24-48-51(37)59-47-26-25-32(27-49(47)60(48,4)5)57-45-22-12-13-23-46(45)58-44-21-11-10-20-43(44)56-52(57)58/h6-31H,1-5H3. The summed E-state index contributed by atoms with van der Waals surface area (Å²) < 4.78 is 11.8. The molecule has 0 fully saturated rings. The number of nitrogens with zero attached hydrogens (tertiary/aromatic N) is 5. The van der Waals surface area contributed by atoms with E-state index in [1.54, 1.807) is 6.33 Å². The number of aromatic nitrogens is 5. The fourth-order valence-electron chi connectivity index (χ4n) is 9.95. The first kappa shape index (κ1) is 34.9. The normalized spacial score (nSPS) is 13.7. The van der Waals surface area contributed by atoms with Crippen molar-refractivity contribution in [1.29, 1.82) is 0 Å². The molecule has 1 aliphatic heterocycles. The molecule has 4 heterocycles. The quantitative estimate of drug-likeness (QED) is 0.164. The van der Waals surface area contributed by atoms with Crippen LogP contribution < -0.4 is 15.1 Å². The van der Waals surface area contributed by atoms with Gasteiger partial charge in [0.15, 0.2) is 0 Å². The molecule has 12 rings (SSSR count). The van der Waals surface area contributed by atoms with E-state index in [-0.39, 0.29) is 5.41 Å². The van der Waals surface area contributed by atoms with E-state index < -0.39 is 8.07 Å². The molecule has 0 N–H and O–H groups in total. The summed E-state index contributed by atoms with van der Waals surface area (Å²) in [6, 6.07) is 52.8. The Morgan fingerprint density at radius 2 is 1.20 bits per heavy atom.